The molecule has 1 aliphatic rings. The molecule has 0 radical (unpaired) electrons. The minimum Gasteiger partial charge on any atom is -0.507 e. The summed E-state index contributed by atoms with van der Waals surface area (Å²) >= 11 is 12.1. The average molecular weight is 476 g/mol. The van der Waals surface area contributed by atoms with Gasteiger partial charge in [-0.25, -0.2) is 0 Å². The lowest BCUT2D eigenvalue weighted by atomic mass is 9.95. The number of likely N-dealkylation sites (tertiary alicyclic amines) is 1. The van der Waals surface area contributed by atoms with Crippen molar-refractivity contribution in [2.24, 2.45) is 0 Å². The molecule has 2 aromatic carbocycles. The number of amides is 1. The fourth-order valence-corrected chi connectivity index (χ4v) is 4.07. The number of ketones is 1. The molecule has 8 heteroatoms. The van der Waals surface area contributed by atoms with Crippen LogP contribution in [0.15, 0.2) is 48.0 Å². The van der Waals surface area contributed by atoms with E-state index in [1.807, 2.05) is 62.3 Å². The van der Waals surface area contributed by atoms with E-state index in [4.69, 9.17) is 23.2 Å². The molecule has 1 N–H and O–H groups in total. The SMILES string of the molecule is CN(C)CCCN1C(=O)C(=O)/C(=C(\O)c2ccc(Cl)c(Cl)c2)C1c1ccc(N(C)C)cc1. The zero-order valence-electron chi connectivity index (χ0n) is 18.6. The van der Waals surface area contributed by atoms with Crippen molar-refractivity contribution in [2.45, 2.75) is 12.5 Å². The van der Waals surface area contributed by atoms with Gasteiger partial charge >= 0.3 is 0 Å². The summed E-state index contributed by atoms with van der Waals surface area (Å²) in [7, 11) is 7.78. The number of carbonyl (C=O) groups is 2. The molecule has 0 aromatic heterocycles. The van der Waals surface area contributed by atoms with Crippen molar-refractivity contribution >= 4 is 46.3 Å². The van der Waals surface area contributed by atoms with E-state index >= 15 is 0 Å². The lowest BCUT2D eigenvalue weighted by Crippen LogP contribution is -2.32. The lowest BCUT2D eigenvalue weighted by molar-refractivity contribution is -0.139. The molecule has 1 unspecified atom stereocenters. The summed E-state index contributed by atoms with van der Waals surface area (Å²) in [5, 5.41) is 11.7. The number of carbonyl (C=O) groups excluding carboxylic acids is 2. The number of aliphatic hydroxyl groups is 1. The van der Waals surface area contributed by atoms with Crippen molar-refractivity contribution in [2.75, 3.05) is 46.2 Å². The Bertz CT molecular complexity index is 1050. The average Bonchev–Trinajstić information content (AvgIpc) is 3.00. The van der Waals surface area contributed by atoms with Crippen molar-refractivity contribution in [1.82, 2.24) is 9.80 Å². The first kappa shape index (κ1) is 24.1. The first-order valence-corrected chi connectivity index (χ1v) is 11.0. The number of benzene rings is 2. The van der Waals surface area contributed by atoms with Gasteiger partial charge in [0.2, 0.25) is 0 Å². The molecule has 1 amide bonds. The highest BCUT2D eigenvalue weighted by Gasteiger charge is 2.45. The first-order chi connectivity index (χ1) is 15.1. The number of nitrogens with zero attached hydrogens (tertiary/aromatic N) is 3. The molecular weight excluding hydrogens is 449 g/mol. The number of hydrogen-bond acceptors (Lipinski definition) is 5. The van der Waals surface area contributed by atoms with Crippen LogP contribution in [-0.4, -0.2) is 67.9 Å². The fraction of sp³-hybridized carbons (Fsp3) is 0.333. The van der Waals surface area contributed by atoms with Crippen LogP contribution in [0.3, 0.4) is 0 Å². The maximum absolute atomic E-state index is 13.1. The smallest absolute Gasteiger partial charge is 0.295 e. The van der Waals surface area contributed by atoms with Crippen LogP contribution in [-0.2, 0) is 9.59 Å². The number of rotatable bonds is 7. The molecular formula is C24H27Cl2N3O3. The van der Waals surface area contributed by atoms with Crippen molar-refractivity contribution < 1.29 is 14.7 Å². The van der Waals surface area contributed by atoms with Crippen LogP contribution in [0.1, 0.15) is 23.6 Å². The highest BCUT2D eigenvalue weighted by Crippen LogP contribution is 2.40. The first-order valence-electron chi connectivity index (χ1n) is 10.3. The Balaban J connectivity index is 2.10. The quantitative estimate of drug-likeness (QED) is 0.364. The molecule has 0 saturated carbocycles. The molecule has 6 nitrogen and oxygen atoms in total. The van der Waals surface area contributed by atoms with Gasteiger partial charge in [0.15, 0.2) is 0 Å². The number of aliphatic hydroxyl groups excluding tert-OH is 1. The lowest BCUT2D eigenvalue weighted by Gasteiger charge is -2.26. The van der Waals surface area contributed by atoms with Gasteiger partial charge < -0.3 is 19.8 Å². The Hall–Kier alpha value is -2.54. The fourth-order valence-electron chi connectivity index (χ4n) is 3.77. The predicted octanol–water partition coefficient (Wildman–Crippen LogP) is 4.43. The summed E-state index contributed by atoms with van der Waals surface area (Å²) in [6.07, 6.45) is 0.694. The third-order valence-electron chi connectivity index (χ3n) is 5.46. The van der Waals surface area contributed by atoms with Crippen LogP contribution in [0.25, 0.3) is 5.76 Å². The minimum absolute atomic E-state index is 0.0517. The molecule has 170 valence electrons. The van der Waals surface area contributed by atoms with Crippen molar-refractivity contribution in [3.63, 3.8) is 0 Å². The van der Waals surface area contributed by atoms with Gasteiger partial charge in [-0.2, -0.15) is 0 Å². The highest BCUT2D eigenvalue weighted by molar-refractivity contribution is 6.46. The molecule has 0 bridgehead atoms. The van der Waals surface area contributed by atoms with Crippen molar-refractivity contribution in [3.05, 3.63) is 69.2 Å². The molecule has 0 spiro atoms. The third kappa shape index (κ3) is 4.93. The van der Waals surface area contributed by atoms with Crippen LogP contribution in [0.5, 0.6) is 0 Å². The maximum Gasteiger partial charge on any atom is 0.295 e. The van der Waals surface area contributed by atoms with E-state index in [-0.39, 0.29) is 16.4 Å². The molecule has 1 fully saturated rings. The van der Waals surface area contributed by atoms with Crippen LogP contribution in [0, 0.1) is 0 Å². The Kier molecular flexibility index (Phi) is 7.49. The second-order valence-electron chi connectivity index (χ2n) is 8.26. The van der Waals surface area contributed by atoms with E-state index in [1.165, 1.54) is 6.07 Å². The van der Waals surface area contributed by atoms with Crippen molar-refractivity contribution in [1.29, 1.82) is 0 Å². The van der Waals surface area contributed by atoms with E-state index in [1.54, 1.807) is 17.0 Å². The minimum atomic E-state index is -0.708. The second-order valence-corrected chi connectivity index (χ2v) is 9.08. The maximum atomic E-state index is 13.1. The summed E-state index contributed by atoms with van der Waals surface area (Å²) < 4.78 is 0. The number of halogens is 2. The molecule has 2 aromatic rings. The van der Waals surface area contributed by atoms with Crippen LogP contribution in [0.2, 0.25) is 10.0 Å². The predicted molar refractivity (Wildman–Crippen MR) is 129 cm³/mol. The molecule has 0 aliphatic carbocycles. The van der Waals surface area contributed by atoms with E-state index in [2.05, 4.69) is 0 Å². The number of anilines is 1. The van der Waals surface area contributed by atoms with Gasteiger partial charge in [0.25, 0.3) is 11.7 Å². The Morgan fingerprint density at radius 1 is 1.00 bits per heavy atom. The highest BCUT2D eigenvalue weighted by atomic mass is 35.5. The summed E-state index contributed by atoms with van der Waals surface area (Å²) in [6.45, 7) is 1.16. The Morgan fingerprint density at radius 2 is 1.66 bits per heavy atom. The summed E-state index contributed by atoms with van der Waals surface area (Å²) in [4.78, 5) is 31.5. The standard InChI is InChI=1S/C24H27Cl2N3O3/c1-27(2)12-5-13-29-21(15-6-9-17(10-7-15)28(3)4)20(23(31)24(29)32)22(30)16-8-11-18(25)19(26)14-16/h6-11,14,21,30H,5,12-13H2,1-4H3/b22-20-. The van der Waals surface area contributed by atoms with Gasteiger partial charge in [0.05, 0.1) is 21.7 Å². The van der Waals surface area contributed by atoms with Crippen LogP contribution < -0.4 is 4.90 Å². The van der Waals surface area contributed by atoms with E-state index in [0.717, 1.165) is 17.8 Å². The summed E-state index contributed by atoms with van der Waals surface area (Å²) in [6, 6.07) is 11.5. The molecule has 1 heterocycles. The van der Waals surface area contributed by atoms with Gasteiger partial charge in [0, 0.05) is 31.9 Å². The number of Topliss-reactive ketones (excluding diaryl/α,β-unsaturated/α-hetero) is 1. The monoisotopic (exact) mass is 475 g/mol. The molecule has 32 heavy (non-hydrogen) atoms. The Morgan fingerprint density at radius 3 is 2.22 bits per heavy atom. The summed E-state index contributed by atoms with van der Waals surface area (Å²) in [5.41, 5.74) is 2.13. The van der Waals surface area contributed by atoms with E-state index in [0.29, 0.717) is 23.6 Å². The van der Waals surface area contributed by atoms with Gasteiger partial charge in [-0.15, -0.1) is 0 Å². The van der Waals surface area contributed by atoms with Crippen LogP contribution in [0.4, 0.5) is 5.69 Å². The second kappa shape index (κ2) is 9.94. The van der Waals surface area contributed by atoms with Crippen LogP contribution >= 0.6 is 23.2 Å². The van der Waals surface area contributed by atoms with Gasteiger partial charge in [-0.05, 0) is 63.0 Å². The van der Waals surface area contributed by atoms with Gasteiger partial charge in [-0.3, -0.25) is 9.59 Å². The molecule has 1 aliphatic heterocycles. The largest absolute Gasteiger partial charge is 0.507 e. The summed E-state index contributed by atoms with van der Waals surface area (Å²) in [5.74, 6) is -1.59. The topological polar surface area (TPSA) is 64.1 Å². The van der Waals surface area contributed by atoms with Gasteiger partial charge in [-0.1, -0.05) is 35.3 Å². The van der Waals surface area contributed by atoms with Crippen molar-refractivity contribution in [3.8, 4) is 0 Å². The third-order valence-corrected chi connectivity index (χ3v) is 6.20. The molecule has 1 atom stereocenters. The number of hydrogen-bond donors (Lipinski definition) is 1. The van der Waals surface area contributed by atoms with E-state index < -0.39 is 17.7 Å². The van der Waals surface area contributed by atoms with E-state index in [9.17, 15) is 14.7 Å². The molecule has 3 rings (SSSR count). The molecule has 1 saturated heterocycles. The zero-order chi connectivity index (χ0) is 23.6. The Labute approximate surface area is 198 Å². The normalized spacial score (nSPS) is 18.0. The van der Waals surface area contributed by atoms with Gasteiger partial charge in [0.1, 0.15) is 5.76 Å². The zero-order valence-corrected chi connectivity index (χ0v) is 20.1.